The van der Waals surface area contributed by atoms with Crippen molar-refractivity contribution in [1.82, 2.24) is 5.32 Å². The summed E-state index contributed by atoms with van der Waals surface area (Å²) in [4.78, 5) is 2.37. The van der Waals surface area contributed by atoms with Gasteiger partial charge in [0.1, 0.15) is 0 Å². The van der Waals surface area contributed by atoms with E-state index < -0.39 is 0 Å². The third-order valence-corrected chi connectivity index (χ3v) is 3.29. The van der Waals surface area contributed by atoms with Gasteiger partial charge in [0.25, 0.3) is 0 Å². The van der Waals surface area contributed by atoms with Crippen LogP contribution in [0, 0.1) is 12.8 Å². The molecule has 0 saturated carbocycles. The van der Waals surface area contributed by atoms with E-state index in [1.54, 1.807) is 0 Å². The highest BCUT2D eigenvalue weighted by Crippen LogP contribution is 2.21. The maximum absolute atomic E-state index is 3.37. The standard InChI is InChI=1S/C16H28N2/c1-6-17-12-15-7-8-16(14(4)11-15)18(5)10-9-13(2)3/h7-8,11,13,17H,6,9-10,12H2,1-5H3. The molecule has 0 spiro atoms. The molecule has 0 aliphatic heterocycles. The van der Waals surface area contributed by atoms with E-state index in [9.17, 15) is 0 Å². The van der Waals surface area contributed by atoms with Gasteiger partial charge in [-0.3, -0.25) is 0 Å². The summed E-state index contributed by atoms with van der Waals surface area (Å²) in [6.07, 6.45) is 1.25. The summed E-state index contributed by atoms with van der Waals surface area (Å²) in [5.74, 6) is 0.765. The van der Waals surface area contributed by atoms with Crippen LogP contribution in [0.5, 0.6) is 0 Å². The van der Waals surface area contributed by atoms with E-state index in [-0.39, 0.29) is 0 Å². The first kappa shape index (κ1) is 15.0. The zero-order chi connectivity index (χ0) is 13.5. The molecule has 2 heteroatoms. The average molecular weight is 248 g/mol. The van der Waals surface area contributed by atoms with Crippen LogP contribution in [0.4, 0.5) is 5.69 Å². The fourth-order valence-corrected chi connectivity index (χ4v) is 2.10. The van der Waals surface area contributed by atoms with Gasteiger partial charge in [-0.25, -0.2) is 0 Å². The predicted molar refractivity (Wildman–Crippen MR) is 81.3 cm³/mol. The van der Waals surface area contributed by atoms with E-state index in [4.69, 9.17) is 0 Å². The number of aryl methyl sites for hydroxylation is 1. The van der Waals surface area contributed by atoms with Crippen molar-refractivity contribution in [2.24, 2.45) is 5.92 Å². The van der Waals surface area contributed by atoms with Crippen molar-refractivity contribution in [3.63, 3.8) is 0 Å². The topological polar surface area (TPSA) is 15.3 Å². The van der Waals surface area contributed by atoms with Crippen LogP contribution in [0.3, 0.4) is 0 Å². The number of hydrogen-bond donors (Lipinski definition) is 1. The molecule has 0 aliphatic rings. The molecule has 18 heavy (non-hydrogen) atoms. The highest BCUT2D eigenvalue weighted by molar-refractivity contribution is 5.53. The second-order valence-corrected chi connectivity index (χ2v) is 5.51. The Kier molecular flexibility index (Phi) is 6.20. The van der Waals surface area contributed by atoms with Crippen molar-refractivity contribution in [2.45, 2.75) is 40.7 Å². The minimum absolute atomic E-state index is 0.765. The van der Waals surface area contributed by atoms with E-state index in [0.717, 1.165) is 25.6 Å². The zero-order valence-corrected chi connectivity index (χ0v) is 12.6. The molecule has 0 unspecified atom stereocenters. The van der Waals surface area contributed by atoms with Gasteiger partial charge >= 0.3 is 0 Å². The zero-order valence-electron chi connectivity index (χ0n) is 12.6. The molecule has 0 bridgehead atoms. The molecule has 0 aliphatic carbocycles. The summed E-state index contributed by atoms with van der Waals surface area (Å²) in [6, 6.07) is 6.78. The highest BCUT2D eigenvalue weighted by Gasteiger charge is 2.06. The van der Waals surface area contributed by atoms with Crippen LogP contribution < -0.4 is 10.2 Å². The van der Waals surface area contributed by atoms with Gasteiger partial charge in [-0.2, -0.15) is 0 Å². The number of nitrogens with one attached hydrogen (secondary N) is 1. The molecule has 0 saturated heterocycles. The van der Waals surface area contributed by atoms with Crippen molar-refractivity contribution in [3.05, 3.63) is 29.3 Å². The largest absolute Gasteiger partial charge is 0.374 e. The number of nitrogens with zero attached hydrogens (tertiary/aromatic N) is 1. The molecular weight excluding hydrogens is 220 g/mol. The van der Waals surface area contributed by atoms with Gasteiger partial charge < -0.3 is 10.2 Å². The molecule has 102 valence electrons. The first-order valence-corrected chi connectivity index (χ1v) is 7.06. The lowest BCUT2D eigenvalue weighted by Gasteiger charge is -2.23. The van der Waals surface area contributed by atoms with Crippen LogP contribution in [-0.2, 0) is 6.54 Å². The Balaban J connectivity index is 2.66. The fraction of sp³-hybridized carbons (Fsp3) is 0.625. The van der Waals surface area contributed by atoms with Gasteiger partial charge in [-0.05, 0) is 43.0 Å². The molecule has 0 aromatic heterocycles. The van der Waals surface area contributed by atoms with Crippen molar-refractivity contribution in [1.29, 1.82) is 0 Å². The monoisotopic (exact) mass is 248 g/mol. The Bertz CT molecular complexity index is 358. The summed E-state index contributed by atoms with van der Waals surface area (Å²) in [5.41, 5.74) is 4.10. The van der Waals surface area contributed by atoms with Gasteiger partial charge in [0, 0.05) is 25.8 Å². The minimum atomic E-state index is 0.765. The summed E-state index contributed by atoms with van der Waals surface area (Å²) < 4.78 is 0. The number of benzene rings is 1. The smallest absolute Gasteiger partial charge is 0.0393 e. The summed E-state index contributed by atoms with van der Waals surface area (Å²) >= 11 is 0. The van der Waals surface area contributed by atoms with E-state index in [2.05, 4.69) is 63.2 Å². The van der Waals surface area contributed by atoms with Crippen molar-refractivity contribution in [2.75, 3.05) is 25.0 Å². The lowest BCUT2D eigenvalue weighted by Crippen LogP contribution is -2.21. The van der Waals surface area contributed by atoms with Crippen LogP contribution in [0.2, 0.25) is 0 Å². The maximum Gasteiger partial charge on any atom is 0.0393 e. The summed E-state index contributed by atoms with van der Waals surface area (Å²) in [5, 5.41) is 3.37. The molecule has 1 N–H and O–H groups in total. The van der Waals surface area contributed by atoms with Crippen molar-refractivity contribution >= 4 is 5.69 Å². The van der Waals surface area contributed by atoms with Gasteiger partial charge in [0.2, 0.25) is 0 Å². The Morgan fingerprint density at radius 2 is 2.00 bits per heavy atom. The lowest BCUT2D eigenvalue weighted by atomic mass is 10.1. The predicted octanol–water partition coefficient (Wildman–Crippen LogP) is 3.59. The summed E-state index contributed by atoms with van der Waals surface area (Å²) in [6.45, 7) is 12.0. The van der Waals surface area contributed by atoms with E-state index in [1.165, 1.54) is 23.2 Å². The first-order valence-electron chi connectivity index (χ1n) is 7.06. The van der Waals surface area contributed by atoms with E-state index in [1.807, 2.05) is 0 Å². The molecule has 0 amide bonds. The maximum atomic E-state index is 3.37. The normalized spacial score (nSPS) is 11.0. The van der Waals surface area contributed by atoms with Gasteiger partial charge in [-0.1, -0.05) is 32.9 Å². The molecule has 0 fully saturated rings. The van der Waals surface area contributed by atoms with Crippen LogP contribution in [0.1, 0.15) is 38.3 Å². The molecule has 0 heterocycles. The van der Waals surface area contributed by atoms with Gasteiger partial charge in [0.15, 0.2) is 0 Å². The van der Waals surface area contributed by atoms with Crippen LogP contribution in [0.25, 0.3) is 0 Å². The lowest BCUT2D eigenvalue weighted by molar-refractivity contribution is 0.585. The van der Waals surface area contributed by atoms with E-state index in [0.29, 0.717) is 0 Å². The second kappa shape index (κ2) is 7.42. The van der Waals surface area contributed by atoms with Gasteiger partial charge in [-0.15, -0.1) is 0 Å². The summed E-state index contributed by atoms with van der Waals surface area (Å²) in [7, 11) is 2.19. The molecule has 2 nitrogen and oxygen atoms in total. The average Bonchev–Trinajstić information content (AvgIpc) is 2.33. The Morgan fingerprint density at radius 3 is 2.56 bits per heavy atom. The van der Waals surface area contributed by atoms with Crippen molar-refractivity contribution in [3.8, 4) is 0 Å². The first-order chi connectivity index (χ1) is 8.54. The minimum Gasteiger partial charge on any atom is -0.374 e. The molecule has 1 rings (SSSR count). The Hall–Kier alpha value is -1.02. The Labute approximate surface area is 112 Å². The second-order valence-electron chi connectivity index (χ2n) is 5.51. The molecule has 0 radical (unpaired) electrons. The van der Waals surface area contributed by atoms with Crippen LogP contribution >= 0.6 is 0 Å². The van der Waals surface area contributed by atoms with Crippen molar-refractivity contribution < 1.29 is 0 Å². The molecular formula is C16H28N2. The molecule has 1 aromatic rings. The number of anilines is 1. The third kappa shape index (κ3) is 4.69. The SMILES string of the molecule is CCNCc1ccc(N(C)CCC(C)C)c(C)c1. The highest BCUT2D eigenvalue weighted by atomic mass is 15.1. The Morgan fingerprint density at radius 1 is 1.28 bits per heavy atom. The number of hydrogen-bond acceptors (Lipinski definition) is 2. The fourth-order valence-electron chi connectivity index (χ4n) is 2.10. The number of rotatable bonds is 7. The van der Waals surface area contributed by atoms with Crippen LogP contribution in [-0.4, -0.2) is 20.1 Å². The van der Waals surface area contributed by atoms with Crippen LogP contribution in [0.15, 0.2) is 18.2 Å². The van der Waals surface area contributed by atoms with E-state index >= 15 is 0 Å². The molecule has 1 aromatic carbocycles. The molecule has 0 atom stereocenters. The van der Waals surface area contributed by atoms with Gasteiger partial charge in [0.05, 0.1) is 0 Å². The quantitative estimate of drug-likeness (QED) is 0.793. The third-order valence-electron chi connectivity index (χ3n) is 3.29.